The molecular weight excluding hydrogens is 542 g/mol. The Hall–Kier alpha value is -2.67. The summed E-state index contributed by atoms with van der Waals surface area (Å²) >= 11 is 6.62. The maximum absolute atomic E-state index is 13.4. The number of carbonyl (C=O) groups excluding carboxylic acids is 2. The smallest absolute Gasteiger partial charge is 0.409 e. The predicted octanol–water partition coefficient (Wildman–Crippen LogP) is 3.01. The first-order chi connectivity index (χ1) is 18.9. The first-order valence-corrected chi connectivity index (χ1v) is 13.5. The number of carbonyl (C=O) groups is 2. The lowest BCUT2D eigenvalue weighted by atomic mass is 9.83. The molecule has 1 aromatic carbocycles. The number of amides is 2. The molecule has 7 atom stereocenters. The summed E-state index contributed by atoms with van der Waals surface area (Å²) in [6.07, 6.45) is 2.20. The van der Waals surface area contributed by atoms with Crippen molar-refractivity contribution in [3.05, 3.63) is 46.5 Å². The number of nitrogens with two attached hydrogens (primary N) is 1. The molecule has 220 valence electrons. The van der Waals surface area contributed by atoms with Gasteiger partial charge in [0.15, 0.2) is 5.72 Å². The van der Waals surface area contributed by atoms with Gasteiger partial charge in [-0.15, -0.1) is 0 Å². The highest BCUT2D eigenvalue weighted by Crippen LogP contribution is 2.48. The summed E-state index contributed by atoms with van der Waals surface area (Å²) in [7, 11) is 4.60. The number of fused-ring (bicyclic) bond motifs is 5. The first kappa shape index (κ1) is 30.3. The van der Waals surface area contributed by atoms with Crippen LogP contribution in [0.1, 0.15) is 39.2 Å². The molecule has 11 nitrogen and oxygen atoms in total. The van der Waals surface area contributed by atoms with Gasteiger partial charge < -0.3 is 29.0 Å². The van der Waals surface area contributed by atoms with E-state index in [4.69, 9.17) is 41.3 Å². The lowest BCUT2D eigenvalue weighted by Gasteiger charge is -2.42. The topological polar surface area (TPSA) is 145 Å². The zero-order valence-electron chi connectivity index (χ0n) is 23.6. The Balaban J connectivity index is 1.76. The molecule has 0 aliphatic carbocycles. The average Bonchev–Trinajstić information content (AvgIpc) is 3.60. The molecule has 4 bridgehead atoms. The number of hydrogen-bond donors (Lipinski definition) is 3. The first-order valence-electron chi connectivity index (χ1n) is 13.1. The number of allylic oxidation sites excluding steroid dienone is 3. The average molecular weight is 580 g/mol. The summed E-state index contributed by atoms with van der Waals surface area (Å²) < 4.78 is 22.7. The molecular formula is C28H38ClN3O8. The monoisotopic (exact) mass is 579 g/mol. The van der Waals surface area contributed by atoms with Gasteiger partial charge in [-0.25, -0.2) is 10.7 Å². The van der Waals surface area contributed by atoms with E-state index in [0.717, 1.165) is 11.1 Å². The van der Waals surface area contributed by atoms with Crippen molar-refractivity contribution in [2.75, 3.05) is 26.2 Å². The van der Waals surface area contributed by atoms with E-state index in [-0.39, 0.29) is 24.7 Å². The normalized spacial score (nSPS) is 37.0. The maximum Gasteiger partial charge on any atom is 0.409 e. The number of anilines is 1. The number of epoxide rings is 1. The number of alkyl carbamates (subject to hydrolysis) is 1. The number of aliphatic hydroxyl groups is 1. The number of hydrogen-bond acceptors (Lipinski definition) is 9. The molecule has 3 heterocycles. The minimum Gasteiger partial charge on any atom is -0.495 e. The zero-order valence-corrected chi connectivity index (χ0v) is 24.4. The van der Waals surface area contributed by atoms with Crippen molar-refractivity contribution in [3.8, 4) is 5.75 Å². The van der Waals surface area contributed by atoms with E-state index >= 15 is 0 Å². The quantitative estimate of drug-likeness (QED) is 0.363. The Bertz CT molecular complexity index is 1210. The second-order valence-corrected chi connectivity index (χ2v) is 11.3. The van der Waals surface area contributed by atoms with Crippen LogP contribution in [0, 0.1) is 5.92 Å². The molecule has 0 saturated carbocycles. The molecule has 0 radical (unpaired) electrons. The van der Waals surface area contributed by atoms with Crippen LogP contribution in [-0.4, -0.2) is 74.1 Å². The van der Waals surface area contributed by atoms with Gasteiger partial charge in [-0.3, -0.25) is 14.9 Å². The lowest BCUT2D eigenvalue weighted by Crippen LogP contribution is -2.63. The summed E-state index contributed by atoms with van der Waals surface area (Å²) in [4.78, 5) is 32.7. The van der Waals surface area contributed by atoms with Crippen LogP contribution in [0.4, 0.5) is 10.5 Å². The molecule has 3 aliphatic heterocycles. The Kier molecular flexibility index (Phi) is 8.84. The number of halogens is 1. The van der Waals surface area contributed by atoms with Crippen molar-refractivity contribution >= 4 is 29.3 Å². The lowest BCUT2D eigenvalue weighted by molar-refractivity contribution is -0.142. The fourth-order valence-electron chi connectivity index (χ4n) is 5.63. The van der Waals surface area contributed by atoms with Gasteiger partial charge in [0.1, 0.15) is 34.7 Å². The van der Waals surface area contributed by atoms with Crippen LogP contribution in [-0.2, 0) is 30.3 Å². The van der Waals surface area contributed by atoms with Crippen molar-refractivity contribution in [2.24, 2.45) is 11.8 Å². The molecule has 2 amide bonds. The molecule has 0 spiro atoms. The molecule has 4 rings (SSSR count). The van der Waals surface area contributed by atoms with Gasteiger partial charge in [-0.05, 0) is 38.0 Å². The number of methoxy groups -OCH3 is 2. The minimum absolute atomic E-state index is 0.0430. The highest BCUT2D eigenvalue weighted by Gasteiger charge is 2.63. The largest absolute Gasteiger partial charge is 0.495 e. The van der Waals surface area contributed by atoms with Crippen molar-refractivity contribution in [2.45, 2.75) is 75.8 Å². The zero-order chi connectivity index (χ0) is 29.4. The molecule has 4 N–H and O–H groups in total. The minimum atomic E-state index is -1.73. The SMILES string of the molecule is COc1cc2cc(c1Cl)N(C)C(=O)C[C@H](ON)[C@]1(C)O[C@H]1[C@H](C)[C@@H]1C[C@@](O)(NC(=O)O1)[C@H](OC)/C=C/C=C(\C)C2. The number of rotatable bonds is 3. The van der Waals surface area contributed by atoms with E-state index in [1.54, 1.807) is 26.1 Å². The van der Waals surface area contributed by atoms with E-state index in [1.165, 1.54) is 19.1 Å². The summed E-state index contributed by atoms with van der Waals surface area (Å²) in [5, 5.41) is 14.3. The number of ether oxygens (including phenoxy) is 4. The number of nitrogens with zero attached hydrogens (tertiary/aromatic N) is 1. The van der Waals surface area contributed by atoms with Gasteiger partial charge in [0, 0.05) is 26.5 Å². The summed E-state index contributed by atoms with van der Waals surface area (Å²) in [5.74, 6) is 5.44. The summed E-state index contributed by atoms with van der Waals surface area (Å²) in [5.41, 5.74) is -0.331. The Morgan fingerprint density at radius 1 is 1.27 bits per heavy atom. The van der Waals surface area contributed by atoms with Gasteiger partial charge in [-0.1, -0.05) is 42.3 Å². The van der Waals surface area contributed by atoms with Gasteiger partial charge in [0.25, 0.3) is 0 Å². The van der Waals surface area contributed by atoms with Crippen molar-refractivity contribution in [1.29, 1.82) is 0 Å². The highest BCUT2D eigenvalue weighted by atomic mass is 35.5. The molecule has 3 aliphatic rings. The van der Waals surface area contributed by atoms with Gasteiger partial charge in [0.05, 0.1) is 25.3 Å². The van der Waals surface area contributed by atoms with Crippen LogP contribution in [0.5, 0.6) is 5.75 Å². The second kappa shape index (κ2) is 11.7. The Morgan fingerprint density at radius 2 is 2.00 bits per heavy atom. The fraction of sp³-hybridized carbons (Fsp3) is 0.571. The van der Waals surface area contributed by atoms with Crippen LogP contribution in [0.15, 0.2) is 35.9 Å². The molecule has 40 heavy (non-hydrogen) atoms. The van der Waals surface area contributed by atoms with E-state index < -0.39 is 41.8 Å². The number of nitrogens with one attached hydrogen (secondary N) is 1. The van der Waals surface area contributed by atoms with Crippen LogP contribution in [0.25, 0.3) is 0 Å². The van der Waals surface area contributed by atoms with Crippen LogP contribution < -0.4 is 20.9 Å². The third-order valence-electron chi connectivity index (χ3n) is 8.11. The van der Waals surface area contributed by atoms with Crippen molar-refractivity contribution in [1.82, 2.24) is 5.32 Å². The molecule has 0 aromatic heterocycles. The van der Waals surface area contributed by atoms with Crippen molar-refractivity contribution in [3.63, 3.8) is 0 Å². The molecule has 2 saturated heterocycles. The fourth-order valence-corrected chi connectivity index (χ4v) is 5.94. The van der Waals surface area contributed by atoms with Crippen LogP contribution in [0.2, 0.25) is 5.02 Å². The van der Waals surface area contributed by atoms with Crippen molar-refractivity contribution < 1.29 is 38.5 Å². The van der Waals surface area contributed by atoms with Gasteiger partial charge >= 0.3 is 6.09 Å². The van der Waals surface area contributed by atoms with E-state index in [2.05, 4.69) is 5.32 Å². The molecule has 1 aromatic rings. The van der Waals surface area contributed by atoms with E-state index in [9.17, 15) is 14.7 Å². The van der Waals surface area contributed by atoms with Crippen LogP contribution in [0.3, 0.4) is 0 Å². The van der Waals surface area contributed by atoms with Gasteiger partial charge in [-0.2, -0.15) is 0 Å². The van der Waals surface area contributed by atoms with Gasteiger partial charge in [0.2, 0.25) is 5.91 Å². The van der Waals surface area contributed by atoms with E-state index in [0.29, 0.717) is 22.9 Å². The highest BCUT2D eigenvalue weighted by molar-refractivity contribution is 6.35. The standard InChI is InChI=1S/C28H38ClN3O8/c1-15-8-7-9-21(37-6)28(35)14-20(38-26(34)31-28)16(2)25-27(3,39-25)22(40-30)13-23(33)32(4)18-11-17(10-15)12-19(36-5)24(18)29/h7-9,11-12,16,20-22,25,35H,10,13-14,30H2,1-6H3,(H,31,34)/b9-7+,15-8+/t16-,20+,21-,22+,25+,27+,28+/m1/s1. The van der Waals surface area contributed by atoms with E-state index in [1.807, 2.05) is 32.1 Å². The predicted molar refractivity (Wildman–Crippen MR) is 148 cm³/mol. The Labute approximate surface area is 239 Å². The third kappa shape index (κ3) is 5.86. The number of benzene rings is 1. The van der Waals surface area contributed by atoms with Crippen LogP contribution >= 0.6 is 11.6 Å². The summed E-state index contributed by atoms with van der Waals surface area (Å²) in [6.45, 7) is 5.59. The second-order valence-electron chi connectivity index (χ2n) is 10.9. The molecule has 12 heteroatoms. The maximum atomic E-state index is 13.4. The Morgan fingerprint density at radius 3 is 2.65 bits per heavy atom. The molecule has 0 unspecified atom stereocenters. The molecule has 2 fully saturated rings. The summed E-state index contributed by atoms with van der Waals surface area (Å²) in [6, 6.07) is 3.66. The third-order valence-corrected chi connectivity index (χ3v) is 8.49.